The molecule has 1 unspecified atom stereocenters. The number of aliphatic hydroxyl groups is 1. The van der Waals surface area contributed by atoms with Gasteiger partial charge >= 0.3 is 0 Å². The zero-order valence-electron chi connectivity index (χ0n) is 6.21. The van der Waals surface area contributed by atoms with E-state index in [9.17, 15) is 0 Å². The number of nitrogens with two attached hydrogens (primary N) is 1. The van der Waals surface area contributed by atoms with Gasteiger partial charge < -0.3 is 10.8 Å². The number of benzene rings is 1. The molecule has 60 valence electrons. The fourth-order valence-electron chi connectivity index (χ4n) is 0.890. The Bertz CT molecular complexity index is 260. The molecule has 11 heavy (non-hydrogen) atoms. The number of hydrogen-bond donors (Lipinski definition) is 2. The first kappa shape index (κ1) is 8.53. The fraction of sp³-hybridized carbons (Fsp3) is 0.250. The Labute approximate surface area is 70.6 Å². The van der Waals surface area contributed by atoms with Gasteiger partial charge in [-0.2, -0.15) is 0 Å². The van der Waals surface area contributed by atoms with E-state index in [0.29, 0.717) is 10.6 Å². The minimum atomic E-state index is -0.984. The summed E-state index contributed by atoms with van der Waals surface area (Å²) in [7, 11) is 0. The maximum absolute atomic E-state index is 9.02. The van der Waals surface area contributed by atoms with Crippen LogP contribution in [0.2, 0.25) is 5.02 Å². The van der Waals surface area contributed by atoms with Gasteiger partial charge in [0.15, 0.2) is 0 Å². The van der Waals surface area contributed by atoms with Crippen LogP contribution < -0.4 is 5.73 Å². The van der Waals surface area contributed by atoms with Gasteiger partial charge in [-0.1, -0.05) is 29.3 Å². The molecule has 0 aliphatic carbocycles. The molecule has 0 aliphatic heterocycles. The highest BCUT2D eigenvalue weighted by Gasteiger charge is 2.05. The van der Waals surface area contributed by atoms with E-state index in [1.54, 1.807) is 12.1 Å². The first-order chi connectivity index (χ1) is 5.11. The summed E-state index contributed by atoms with van der Waals surface area (Å²) >= 11 is 5.75. The van der Waals surface area contributed by atoms with Crippen molar-refractivity contribution >= 4 is 11.6 Å². The SMILES string of the molecule is Cc1ccc(Cl)c(C(N)O)c1. The molecule has 2 nitrogen and oxygen atoms in total. The van der Waals surface area contributed by atoms with Gasteiger partial charge in [0, 0.05) is 10.6 Å². The number of rotatable bonds is 1. The van der Waals surface area contributed by atoms with Crippen molar-refractivity contribution in [3.05, 3.63) is 34.3 Å². The maximum Gasteiger partial charge on any atom is 0.130 e. The Kier molecular flexibility index (Phi) is 2.49. The summed E-state index contributed by atoms with van der Waals surface area (Å²) in [6.07, 6.45) is -0.984. The van der Waals surface area contributed by atoms with E-state index < -0.39 is 6.23 Å². The molecule has 0 aromatic heterocycles. The molecule has 0 spiro atoms. The number of halogens is 1. The number of aryl methyl sites for hydroxylation is 1. The molecule has 0 radical (unpaired) electrons. The van der Waals surface area contributed by atoms with Crippen LogP contribution in [-0.2, 0) is 0 Å². The number of hydrogen-bond acceptors (Lipinski definition) is 2. The van der Waals surface area contributed by atoms with Crippen LogP contribution in [0.4, 0.5) is 0 Å². The van der Waals surface area contributed by atoms with E-state index in [2.05, 4.69) is 0 Å². The number of aliphatic hydroxyl groups excluding tert-OH is 1. The third-order valence-electron chi connectivity index (χ3n) is 1.47. The highest BCUT2D eigenvalue weighted by atomic mass is 35.5. The predicted octanol–water partition coefficient (Wildman–Crippen LogP) is 1.60. The summed E-state index contributed by atoms with van der Waals surface area (Å²) in [6, 6.07) is 5.36. The average Bonchev–Trinajstić information content (AvgIpc) is 1.94. The molecule has 0 saturated heterocycles. The van der Waals surface area contributed by atoms with Crippen molar-refractivity contribution in [2.75, 3.05) is 0 Å². The second-order valence-corrected chi connectivity index (χ2v) is 2.88. The van der Waals surface area contributed by atoms with Crippen LogP contribution >= 0.6 is 11.6 Å². The summed E-state index contributed by atoms with van der Waals surface area (Å²) in [5.74, 6) is 0. The first-order valence-corrected chi connectivity index (χ1v) is 3.69. The second kappa shape index (κ2) is 3.22. The highest BCUT2D eigenvalue weighted by Crippen LogP contribution is 2.20. The zero-order valence-corrected chi connectivity index (χ0v) is 6.97. The van der Waals surface area contributed by atoms with Gasteiger partial charge in [0.25, 0.3) is 0 Å². The maximum atomic E-state index is 9.02. The molecule has 0 fully saturated rings. The van der Waals surface area contributed by atoms with E-state index >= 15 is 0 Å². The van der Waals surface area contributed by atoms with Gasteiger partial charge in [-0.25, -0.2) is 0 Å². The summed E-state index contributed by atoms with van der Waals surface area (Å²) in [5, 5.41) is 9.53. The fourth-order valence-corrected chi connectivity index (χ4v) is 1.12. The smallest absolute Gasteiger partial charge is 0.130 e. The van der Waals surface area contributed by atoms with E-state index in [1.165, 1.54) is 0 Å². The van der Waals surface area contributed by atoms with Crippen LogP contribution in [0.1, 0.15) is 17.4 Å². The summed E-state index contributed by atoms with van der Waals surface area (Å²) in [6.45, 7) is 1.92. The first-order valence-electron chi connectivity index (χ1n) is 3.31. The van der Waals surface area contributed by atoms with E-state index in [4.69, 9.17) is 22.4 Å². The molecule has 0 heterocycles. The van der Waals surface area contributed by atoms with Gasteiger partial charge in [0.1, 0.15) is 6.23 Å². The van der Waals surface area contributed by atoms with E-state index in [-0.39, 0.29) is 0 Å². The normalized spacial score (nSPS) is 13.1. The zero-order chi connectivity index (χ0) is 8.43. The lowest BCUT2D eigenvalue weighted by Crippen LogP contribution is -2.09. The standard InChI is InChI=1S/C8H10ClNO/c1-5-2-3-7(9)6(4-5)8(10)11/h2-4,8,11H,10H2,1H3. The minimum Gasteiger partial charge on any atom is -0.374 e. The largest absolute Gasteiger partial charge is 0.374 e. The van der Waals surface area contributed by atoms with E-state index in [0.717, 1.165) is 5.56 Å². The summed E-state index contributed by atoms with van der Waals surface area (Å²) < 4.78 is 0. The Morgan fingerprint density at radius 3 is 2.64 bits per heavy atom. The van der Waals surface area contributed by atoms with Crippen molar-refractivity contribution in [1.29, 1.82) is 0 Å². The molecule has 1 atom stereocenters. The van der Waals surface area contributed by atoms with Gasteiger partial charge in [0.2, 0.25) is 0 Å². The third kappa shape index (κ3) is 1.93. The van der Waals surface area contributed by atoms with Crippen molar-refractivity contribution in [3.63, 3.8) is 0 Å². The van der Waals surface area contributed by atoms with Crippen molar-refractivity contribution in [3.8, 4) is 0 Å². The lowest BCUT2D eigenvalue weighted by Gasteiger charge is -2.07. The van der Waals surface area contributed by atoms with Crippen molar-refractivity contribution < 1.29 is 5.11 Å². The van der Waals surface area contributed by atoms with Gasteiger partial charge in [-0.3, -0.25) is 0 Å². The molecule has 1 aromatic rings. The second-order valence-electron chi connectivity index (χ2n) is 2.47. The Morgan fingerprint density at radius 2 is 2.18 bits per heavy atom. The molecule has 3 N–H and O–H groups in total. The van der Waals surface area contributed by atoms with Gasteiger partial charge in [-0.15, -0.1) is 0 Å². The third-order valence-corrected chi connectivity index (χ3v) is 1.81. The molecule has 0 saturated carbocycles. The van der Waals surface area contributed by atoms with Crippen LogP contribution in [-0.4, -0.2) is 5.11 Å². The van der Waals surface area contributed by atoms with E-state index in [1.807, 2.05) is 13.0 Å². The molecule has 0 aliphatic rings. The van der Waals surface area contributed by atoms with Gasteiger partial charge in [-0.05, 0) is 13.0 Å². The monoisotopic (exact) mass is 171 g/mol. The Morgan fingerprint density at radius 1 is 1.55 bits per heavy atom. The lowest BCUT2D eigenvalue weighted by molar-refractivity contribution is 0.186. The van der Waals surface area contributed by atoms with Crippen molar-refractivity contribution in [1.82, 2.24) is 0 Å². The van der Waals surface area contributed by atoms with Crippen molar-refractivity contribution in [2.45, 2.75) is 13.2 Å². The molecule has 3 heteroatoms. The van der Waals surface area contributed by atoms with Crippen LogP contribution in [0.15, 0.2) is 18.2 Å². The van der Waals surface area contributed by atoms with Crippen LogP contribution in [0.5, 0.6) is 0 Å². The molecule has 1 aromatic carbocycles. The lowest BCUT2D eigenvalue weighted by atomic mass is 10.1. The molecule has 0 bridgehead atoms. The molecular formula is C8H10ClNO. The summed E-state index contributed by atoms with van der Waals surface area (Å²) in [4.78, 5) is 0. The molecule has 0 amide bonds. The van der Waals surface area contributed by atoms with Gasteiger partial charge in [0.05, 0.1) is 0 Å². The quantitative estimate of drug-likeness (QED) is 0.631. The molecule has 1 rings (SSSR count). The summed E-state index contributed by atoms with van der Waals surface area (Å²) in [5.41, 5.74) is 6.87. The average molecular weight is 172 g/mol. The topological polar surface area (TPSA) is 46.2 Å². The van der Waals surface area contributed by atoms with Crippen LogP contribution in [0.25, 0.3) is 0 Å². The molecular weight excluding hydrogens is 162 g/mol. The van der Waals surface area contributed by atoms with Crippen LogP contribution in [0, 0.1) is 6.92 Å². The highest BCUT2D eigenvalue weighted by molar-refractivity contribution is 6.31. The van der Waals surface area contributed by atoms with Crippen LogP contribution in [0.3, 0.4) is 0 Å². The minimum absolute atomic E-state index is 0.505. The predicted molar refractivity (Wildman–Crippen MR) is 45.3 cm³/mol. The Hall–Kier alpha value is -0.570. The Balaban J connectivity index is 3.13. The van der Waals surface area contributed by atoms with Crippen molar-refractivity contribution in [2.24, 2.45) is 5.73 Å².